The van der Waals surface area contributed by atoms with Crippen molar-refractivity contribution in [2.75, 3.05) is 5.32 Å². The molecule has 108 valence electrons. The van der Waals surface area contributed by atoms with Crippen LogP contribution in [0.1, 0.15) is 30.2 Å². The fourth-order valence-electron chi connectivity index (χ4n) is 1.89. The first-order valence-electron chi connectivity index (χ1n) is 6.59. The van der Waals surface area contributed by atoms with E-state index in [9.17, 15) is 14.7 Å². The largest absolute Gasteiger partial charge is 0.503 e. The molecule has 0 bridgehead atoms. The summed E-state index contributed by atoms with van der Waals surface area (Å²) < 4.78 is 1.62. The lowest BCUT2D eigenvalue weighted by Gasteiger charge is -2.09. The Balaban J connectivity index is 2.08. The molecule has 1 atom stereocenters. The number of hydrogen-bond acceptors (Lipinski definition) is 3. The number of nitrogens with zero attached hydrogens (tertiary/aromatic N) is 1. The van der Waals surface area contributed by atoms with Crippen LogP contribution in [0.3, 0.4) is 0 Å². The molecule has 2 rings (SSSR count). The van der Waals surface area contributed by atoms with Gasteiger partial charge in [0.25, 0.3) is 5.91 Å². The molecular formula is C16H17N2O3+. The van der Waals surface area contributed by atoms with E-state index in [1.165, 1.54) is 13.1 Å². The molecular weight excluding hydrogens is 268 g/mol. The van der Waals surface area contributed by atoms with Gasteiger partial charge in [0.1, 0.15) is 0 Å². The number of pyridine rings is 1. The quantitative estimate of drug-likeness (QED) is 0.667. The van der Waals surface area contributed by atoms with E-state index in [2.05, 4.69) is 5.32 Å². The van der Waals surface area contributed by atoms with Crippen molar-refractivity contribution >= 4 is 17.4 Å². The molecule has 21 heavy (non-hydrogen) atoms. The third-order valence-electron chi connectivity index (χ3n) is 3.19. The van der Waals surface area contributed by atoms with Gasteiger partial charge in [-0.1, -0.05) is 0 Å². The third-order valence-corrected chi connectivity index (χ3v) is 3.19. The van der Waals surface area contributed by atoms with Gasteiger partial charge in [-0.15, -0.1) is 0 Å². The SMILES string of the molecule is CC(=O)c1ccc(NC(=O)[C@@H](C)[n+]2cccc(O)c2)cc1. The number of carbonyl (C=O) groups is 2. The Hall–Kier alpha value is -2.69. The molecule has 0 aliphatic heterocycles. The second kappa shape index (κ2) is 6.17. The maximum Gasteiger partial charge on any atom is 0.293 e. The maximum atomic E-state index is 12.2. The highest BCUT2D eigenvalue weighted by atomic mass is 16.3. The summed E-state index contributed by atoms with van der Waals surface area (Å²) in [6, 6.07) is 9.46. The summed E-state index contributed by atoms with van der Waals surface area (Å²) >= 11 is 0. The van der Waals surface area contributed by atoms with E-state index in [1.807, 2.05) is 0 Å². The number of aromatic hydroxyl groups is 1. The van der Waals surface area contributed by atoms with Gasteiger partial charge in [-0.25, -0.2) is 0 Å². The highest BCUT2D eigenvalue weighted by Gasteiger charge is 2.22. The van der Waals surface area contributed by atoms with Gasteiger partial charge in [0, 0.05) is 24.2 Å². The molecule has 1 aromatic heterocycles. The van der Waals surface area contributed by atoms with Gasteiger partial charge >= 0.3 is 0 Å². The molecule has 0 saturated heterocycles. The van der Waals surface area contributed by atoms with Gasteiger partial charge < -0.3 is 10.4 Å². The summed E-state index contributed by atoms with van der Waals surface area (Å²) in [6.45, 7) is 3.23. The minimum atomic E-state index is -0.468. The molecule has 0 fully saturated rings. The lowest BCUT2D eigenvalue weighted by atomic mass is 10.1. The van der Waals surface area contributed by atoms with Crippen molar-refractivity contribution in [3.05, 3.63) is 54.4 Å². The number of anilines is 1. The molecule has 5 heteroatoms. The van der Waals surface area contributed by atoms with Crippen molar-refractivity contribution in [2.24, 2.45) is 0 Å². The van der Waals surface area contributed by atoms with E-state index < -0.39 is 6.04 Å². The number of aromatic nitrogens is 1. The number of ketones is 1. The lowest BCUT2D eigenvalue weighted by molar-refractivity contribution is -0.705. The molecule has 1 amide bonds. The van der Waals surface area contributed by atoms with Gasteiger partial charge in [0.2, 0.25) is 12.2 Å². The number of benzene rings is 1. The van der Waals surface area contributed by atoms with Crippen LogP contribution in [0.15, 0.2) is 48.8 Å². The average molecular weight is 285 g/mol. The van der Waals surface area contributed by atoms with Gasteiger partial charge in [-0.2, -0.15) is 4.57 Å². The van der Waals surface area contributed by atoms with Crippen molar-refractivity contribution in [3.63, 3.8) is 0 Å². The molecule has 1 heterocycles. The summed E-state index contributed by atoms with van der Waals surface area (Å²) in [5.41, 5.74) is 1.22. The Labute approximate surface area is 122 Å². The number of carbonyl (C=O) groups excluding carboxylic acids is 2. The predicted molar refractivity (Wildman–Crippen MR) is 78.1 cm³/mol. The van der Waals surface area contributed by atoms with Crippen LogP contribution in [-0.4, -0.2) is 16.8 Å². The van der Waals surface area contributed by atoms with E-state index in [-0.39, 0.29) is 17.4 Å². The molecule has 0 saturated carbocycles. The van der Waals surface area contributed by atoms with E-state index in [1.54, 1.807) is 54.1 Å². The summed E-state index contributed by atoms with van der Waals surface area (Å²) in [7, 11) is 0. The van der Waals surface area contributed by atoms with Crippen molar-refractivity contribution in [2.45, 2.75) is 19.9 Å². The summed E-state index contributed by atoms with van der Waals surface area (Å²) in [4.78, 5) is 23.4. The van der Waals surface area contributed by atoms with Crippen molar-refractivity contribution in [1.29, 1.82) is 0 Å². The van der Waals surface area contributed by atoms with Gasteiger partial charge in [0.05, 0.1) is 0 Å². The van der Waals surface area contributed by atoms with Crippen molar-refractivity contribution in [3.8, 4) is 5.75 Å². The Morgan fingerprint density at radius 3 is 2.43 bits per heavy atom. The topological polar surface area (TPSA) is 70.3 Å². The van der Waals surface area contributed by atoms with Crippen molar-refractivity contribution < 1.29 is 19.3 Å². The van der Waals surface area contributed by atoms with Gasteiger partial charge in [-0.3, -0.25) is 9.59 Å². The minimum absolute atomic E-state index is 0.0171. The van der Waals surface area contributed by atoms with Crippen LogP contribution in [-0.2, 0) is 4.79 Å². The first-order chi connectivity index (χ1) is 9.97. The smallest absolute Gasteiger partial charge is 0.293 e. The summed E-state index contributed by atoms with van der Waals surface area (Å²) in [5.74, 6) is -0.124. The maximum absolute atomic E-state index is 12.2. The van der Waals surface area contributed by atoms with Crippen LogP contribution < -0.4 is 9.88 Å². The van der Waals surface area contributed by atoms with Crippen LogP contribution in [0.25, 0.3) is 0 Å². The highest BCUT2D eigenvalue weighted by molar-refractivity contribution is 5.96. The second-order valence-corrected chi connectivity index (χ2v) is 4.81. The van der Waals surface area contributed by atoms with E-state index >= 15 is 0 Å². The first kappa shape index (κ1) is 14.7. The second-order valence-electron chi connectivity index (χ2n) is 4.81. The van der Waals surface area contributed by atoms with E-state index in [0.29, 0.717) is 11.3 Å². The predicted octanol–water partition coefficient (Wildman–Crippen LogP) is 2.08. The fraction of sp³-hybridized carbons (Fsp3) is 0.188. The number of Topliss-reactive ketones (excluding diaryl/α,β-unsaturated/α-hetero) is 1. The average Bonchev–Trinajstić information content (AvgIpc) is 2.47. The number of rotatable bonds is 4. The molecule has 0 spiro atoms. The molecule has 0 unspecified atom stereocenters. The van der Waals surface area contributed by atoms with Crippen LogP contribution in [0.5, 0.6) is 5.75 Å². The standard InChI is InChI=1S/C16H16N2O3/c1-11(18-9-3-4-15(20)10-18)16(21)17-14-7-5-13(6-8-14)12(2)19/h3-11H,1-2H3,(H-,17,19,20,21)/p+1/t11-/m1/s1. The Morgan fingerprint density at radius 2 is 1.86 bits per heavy atom. The van der Waals surface area contributed by atoms with Gasteiger partial charge in [-0.05, 0) is 37.3 Å². The molecule has 5 nitrogen and oxygen atoms in total. The molecule has 2 N–H and O–H groups in total. The zero-order valence-corrected chi connectivity index (χ0v) is 11.9. The Bertz CT molecular complexity index is 665. The van der Waals surface area contributed by atoms with Crippen LogP contribution in [0.2, 0.25) is 0 Å². The monoisotopic (exact) mass is 285 g/mol. The number of hydrogen-bond donors (Lipinski definition) is 2. The molecule has 0 aliphatic rings. The van der Waals surface area contributed by atoms with Gasteiger partial charge in [0.15, 0.2) is 17.7 Å². The Morgan fingerprint density at radius 1 is 1.19 bits per heavy atom. The number of amides is 1. The molecule has 0 aliphatic carbocycles. The van der Waals surface area contributed by atoms with Crippen LogP contribution >= 0.6 is 0 Å². The van der Waals surface area contributed by atoms with Crippen molar-refractivity contribution in [1.82, 2.24) is 0 Å². The van der Waals surface area contributed by atoms with Crippen LogP contribution in [0, 0.1) is 0 Å². The Kier molecular flexibility index (Phi) is 4.33. The minimum Gasteiger partial charge on any atom is -0.503 e. The summed E-state index contributed by atoms with van der Waals surface area (Å²) in [5, 5.41) is 12.2. The molecule has 2 aromatic rings. The molecule has 1 aromatic carbocycles. The van der Waals surface area contributed by atoms with Crippen LogP contribution in [0.4, 0.5) is 5.69 Å². The zero-order valence-electron chi connectivity index (χ0n) is 11.9. The molecule has 0 radical (unpaired) electrons. The number of nitrogens with one attached hydrogen (secondary N) is 1. The lowest BCUT2D eigenvalue weighted by Crippen LogP contribution is -2.43. The summed E-state index contributed by atoms with van der Waals surface area (Å²) in [6.07, 6.45) is 3.20. The third kappa shape index (κ3) is 3.66. The highest BCUT2D eigenvalue weighted by Crippen LogP contribution is 2.12. The first-order valence-corrected chi connectivity index (χ1v) is 6.59. The normalized spacial score (nSPS) is 11.7. The van der Waals surface area contributed by atoms with E-state index in [0.717, 1.165) is 0 Å². The van der Waals surface area contributed by atoms with E-state index in [4.69, 9.17) is 0 Å². The fourth-order valence-corrected chi connectivity index (χ4v) is 1.89. The zero-order chi connectivity index (χ0) is 15.4.